The number of para-hydroxylation sites is 1. The second-order valence-corrected chi connectivity index (χ2v) is 9.82. The lowest BCUT2D eigenvalue weighted by molar-refractivity contribution is 0.102. The van der Waals surface area contributed by atoms with Crippen molar-refractivity contribution in [1.82, 2.24) is 4.98 Å². The van der Waals surface area contributed by atoms with Crippen LogP contribution < -0.4 is 15.6 Å². The molecule has 0 atom stereocenters. The molecule has 0 aliphatic heterocycles. The van der Waals surface area contributed by atoms with Crippen molar-refractivity contribution in [3.63, 3.8) is 0 Å². The molecule has 0 aliphatic rings. The molecule has 3 aromatic carbocycles. The molecule has 0 saturated carbocycles. The molecule has 0 aliphatic carbocycles. The van der Waals surface area contributed by atoms with Gasteiger partial charge >= 0.3 is 0 Å². The van der Waals surface area contributed by atoms with Crippen LogP contribution >= 0.6 is 11.3 Å². The Labute approximate surface area is 219 Å². The summed E-state index contributed by atoms with van der Waals surface area (Å²) in [6.07, 6.45) is 0.815. The fraction of sp³-hybridized carbons (Fsp3) is 0.167. The van der Waals surface area contributed by atoms with Gasteiger partial charge < -0.3 is 9.15 Å². The Hall–Kier alpha value is -4.23. The average Bonchev–Trinajstić information content (AvgIpc) is 3.30. The summed E-state index contributed by atoms with van der Waals surface area (Å²) < 4.78 is 11.5. The summed E-state index contributed by atoms with van der Waals surface area (Å²) in [5, 5.41) is 4.26. The first-order chi connectivity index (χ1) is 17.9. The van der Waals surface area contributed by atoms with Gasteiger partial charge in [0.05, 0.1) is 18.5 Å². The normalized spacial score (nSPS) is 11.6. The Morgan fingerprint density at radius 2 is 1.86 bits per heavy atom. The lowest BCUT2D eigenvalue weighted by Gasteiger charge is -2.07. The number of nitrogens with one attached hydrogen (secondary N) is 1. The van der Waals surface area contributed by atoms with E-state index < -0.39 is 0 Å². The molecule has 186 valence electrons. The number of carbonyl (C=O) groups is 1. The van der Waals surface area contributed by atoms with E-state index in [0.29, 0.717) is 27.7 Å². The predicted octanol–water partition coefficient (Wildman–Crippen LogP) is 7.23. The van der Waals surface area contributed by atoms with Crippen LogP contribution in [0.1, 0.15) is 33.3 Å². The van der Waals surface area contributed by atoms with Crippen molar-refractivity contribution >= 4 is 39.0 Å². The summed E-state index contributed by atoms with van der Waals surface area (Å²) in [6.45, 7) is 6.26. The number of aryl methyl sites for hydroxylation is 3. The Bertz CT molecular complexity index is 1670. The summed E-state index contributed by atoms with van der Waals surface area (Å²) in [5.41, 5.74) is 6.17. The number of hydrogen-bond donors (Lipinski definition) is 1. The highest BCUT2D eigenvalue weighted by Gasteiger charge is 2.18. The van der Waals surface area contributed by atoms with Crippen molar-refractivity contribution < 1.29 is 13.9 Å². The highest BCUT2D eigenvalue weighted by atomic mass is 32.1. The Kier molecular flexibility index (Phi) is 6.88. The number of benzene rings is 3. The molecule has 0 bridgehead atoms. The maximum absolute atomic E-state index is 13.6. The molecule has 5 aromatic rings. The molecule has 37 heavy (non-hydrogen) atoms. The standard InChI is InChI=1S/C30H27N3O3S/c1-5-26-27(23-13-11-18(2)15-19(23)3)32-30(37-26)33-28(34)24-17-20-16-22(35-4)12-14-25(20)36-29(24)31-21-9-7-6-8-10-21/h6-17H,5H2,1-4H3,(H,32,33,34). The molecule has 2 aromatic heterocycles. The van der Waals surface area contributed by atoms with E-state index in [2.05, 4.69) is 49.3 Å². The van der Waals surface area contributed by atoms with Crippen molar-refractivity contribution in [3.8, 4) is 17.0 Å². The van der Waals surface area contributed by atoms with Gasteiger partial charge in [0.1, 0.15) is 16.9 Å². The Morgan fingerprint density at radius 1 is 1.05 bits per heavy atom. The summed E-state index contributed by atoms with van der Waals surface area (Å²) in [5.74, 6) is 0.333. The summed E-state index contributed by atoms with van der Waals surface area (Å²) in [7, 11) is 1.60. The highest BCUT2D eigenvalue weighted by molar-refractivity contribution is 7.16. The average molecular weight is 510 g/mol. The summed E-state index contributed by atoms with van der Waals surface area (Å²) in [6, 6.07) is 23.0. The molecular weight excluding hydrogens is 482 g/mol. The molecular formula is C30H27N3O3S. The number of ether oxygens (including phenoxy) is 1. The van der Waals surface area contributed by atoms with Crippen LogP contribution in [-0.4, -0.2) is 18.0 Å². The van der Waals surface area contributed by atoms with E-state index in [-0.39, 0.29) is 11.5 Å². The fourth-order valence-corrected chi connectivity index (χ4v) is 5.11. The van der Waals surface area contributed by atoms with Gasteiger partial charge in [-0.2, -0.15) is 0 Å². The highest BCUT2D eigenvalue weighted by Crippen LogP contribution is 2.34. The zero-order valence-corrected chi connectivity index (χ0v) is 22.0. The number of amides is 1. The lowest BCUT2D eigenvalue weighted by Crippen LogP contribution is -2.21. The van der Waals surface area contributed by atoms with Crippen molar-refractivity contribution in [3.05, 3.63) is 99.9 Å². The molecule has 7 heteroatoms. The first kappa shape index (κ1) is 24.5. The van der Waals surface area contributed by atoms with Crippen molar-refractivity contribution in [2.75, 3.05) is 12.4 Å². The fourth-order valence-electron chi connectivity index (χ4n) is 4.20. The van der Waals surface area contributed by atoms with Crippen LogP contribution in [0.5, 0.6) is 5.75 Å². The van der Waals surface area contributed by atoms with E-state index in [4.69, 9.17) is 14.1 Å². The van der Waals surface area contributed by atoms with Gasteiger partial charge in [-0.05, 0) is 62.2 Å². The lowest BCUT2D eigenvalue weighted by atomic mass is 10.0. The maximum Gasteiger partial charge on any atom is 0.262 e. The topological polar surface area (TPSA) is 76.7 Å². The smallest absolute Gasteiger partial charge is 0.262 e. The van der Waals surface area contributed by atoms with Crippen molar-refractivity contribution in [2.45, 2.75) is 27.2 Å². The van der Waals surface area contributed by atoms with Gasteiger partial charge in [-0.25, -0.2) is 9.98 Å². The minimum Gasteiger partial charge on any atom is -0.497 e. The molecule has 6 nitrogen and oxygen atoms in total. The molecule has 1 N–H and O–H groups in total. The van der Waals surface area contributed by atoms with E-state index >= 15 is 0 Å². The van der Waals surface area contributed by atoms with Gasteiger partial charge in [0.25, 0.3) is 5.91 Å². The number of hydrogen-bond acceptors (Lipinski definition) is 6. The van der Waals surface area contributed by atoms with Crippen LogP contribution in [0.2, 0.25) is 0 Å². The number of fused-ring (bicyclic) bond motifs is 1. The van der Waals surface area contributed by atoms with Gasteiger partial charge in [-0.3, -0.25) is 10.1 Å². The molecule has 0 saturated heterocycles. The number of methoxy groups -OCH3 is 1. The molecule has 0 spiro atoms. The van der Waals surface area contributed by atoms with Gasteiger partial charge in [0.2, 0.25) is 5.55 Å². The summed E-state index contributed by atoms with van der Waals surface area (Å²) in [4.78, 5) is 24.1. The molecule has 0 radical (unpaired) electrons. The number of aromatic nitrogens is 1. The molecule has 0 fully saturated rings. The third-order valence-electron chi connectivity index (χ3n) is 6.06. The SMILES string of the molecule is CCc1sc(NC(=O)c2cc3cc(OC)ccc3oc2=Nc2ccccc2)nc1-c1ccc(C)cc1C. The van der Waals surface area contributed by atoms with E-state index in [1.165, 1.54) is 16.9 Å². The van der Waals surface area contributed by atoms with Gasteiger partial charge in [-0.15, -0.1) is 11.3 Å². The van der Waals surface area contributed by atoms with E-state index in [1.807, 2.05) is 48.5 Å². The minimum atomic E-state index is -0.341. The first-order valence-electron chi connectivity index (χ1n) is 12.1. The first-order valence-corrected chi connectivity index (χ1v) is 12.9. The van der Waals surface area contributed by atoms with Crippen LogP contribution in [0.3, 0.4) is 0 Å². The van der Waals surface area contributed by atoms with Crippen LogP contribution in [0.15, 0.2) is 82.2 Å². The van der Waals surface area contributed by atoms with E-state index in [9.17, 15) is 4.79 Å². The van der Waals surface area contributed by atoms with E-state index in [1.54, 1.807) is 13.2 Å². The zero-order valence-electron chi connectivity index (χ0n) is 21.2. The van der Waals surface area contributed by atoms with Gasteiger partial charge in [0, 0.05) is 15.8 Å². The van der Waals surface area contributed by atoms with Gasteiger partial charge in [0.15, 0.2) is 5.13 Å². The Balaban J connectivity index is 1.57. The quantitative estimate of drug-likeness (QED) is 0.262. The van der Waals surface area contributed by atoms with Gasteiger partial charge in [-0.1, -0.05) is 48.9 Å². The number of anilines is 1. The zero-order chi connectivity index (χ0) is 25.9. The van der Waals surface area contributed by atoms with Crippen LogP contribution in [0.25, 0.3) is 22.2 Å². The summed E-state index contributed by atoms with van der Waals surface area (Å²) >= 11 is 1.49. The van der Waals surface area contributed by atoms with Crippen molar-refractivity contribution in [2.24, 2.45) is 4.99 Å². The number of nitrogens with zero attached hydrogens (tertiary/aromatic N) is 2. The second-order valence-electron chi connectivity index (χ2n) is 8.73. The van der Waals surface area contributed by atoms with Crippen LogP contribution in [0, 0.1) is 13.8 Å². The predicted molar refractivity (Wildman–Crippen MR) is 149 cm³/mol. The molecule has 0 unspecified atom stereocenters. The second kappa shape index (κ2) is 10.4. The third-order valence-corrected chi connectivity index (χ3v) is 7.18. The number of thiazole rings is 1. The monoisotopic (exact) mass is 509 g/mol. The minimum absolute atomic E-state index is 0.225. The molecule has 1 amide bonds. The molecule has 5 rings (SSSR count). The van der Waals surface area contributed by atoms with Crippen molar-refractivity contribution in [1.29, 1.82) is 0 Å². The van der Waals surface area contributed by atoms with Crippen LogP contribution in [-0.2, 0) is 6.42 Å². The number of rotatable bonds is 6. The molecule has 2 heterocycles. The third kappa shape index (κ3) is 5.17. The number of carbonyl (C=O) groups excluding carboxylic acids is 1. The maximum atomic E-state index is 13.6. The Morgan fingerprint density at radius 3 is 2.59 bits per heavy atom. The largest absolute Gasteiger partial charge is 0.497 e. The van der Waals surface area contributed by atoms with Crippen LogP contribution in [0.4, 0.5) is 10.8 Å². The van der Waals surface area contributed by atoms with E-state index in [0.717, 1.165) is 33.5 Å².